The molecule has 2 aromatic rings. The molecule has 26 heavy (non-hydrogen) atoms. The van der Waals surface area contributed by atoms with E-state index in [0.717, 1.165) is 18.9 Å². The number of likely N-dealkylation sites (tertiary alicyclic amines) is 1. The average molecular weight is 365 g/mol. The van der Waals surface area contributed by atoms with Crippen LogP contribution in [0.5, 0.6) is 11.5 Å². The van der Waals surface area contributed by atoms with Crippen molar-refractivity contribution < 1.29 is 27.8 Å². The molecule has 4 rings (SSSR count). The number of carbonyl (C=O) groups excluding carboxylic acids is 2. The van der Waals surface area contributed by atoms with Gasteiger partial charge in [-0.05, 0) is 31.0 Å². The molecule has 1 fully saturated rings. The number of aromatic nitrogens is 3. The van der Waals surface area contributed by atoms with Crippen LogP contribution in [-0.2, 0) is 0 Å². The topological polar surface area (TPSA) is 109 Å². The van der Waals surface area contributed by atoms with Gasteiger partial charge in [-0.3, -0.25) is 9.59 Å². The quantitative estimate of drug-likeness (QED) is 0.855. The molecule has 0 unspecified atom stereocenters. The number of carbonyl (C=O) groups is 2. The van der Waals surface area contributed by atoms with E-state index < -0.39 is 12.2 Å². The smallest absolute Gasteiger partial charge is 0.395 e. The standard InChI is InChI=1S/C15H13F2N5O4/c16-15(17)25-9-4-3-8(7-10(9)26-15)13(23)18-12-11(19-21-20-12)14(24)22-5-1-2-6-22/h3-4,7H,1-2,5-6H2,(H2,18,19,20,21,23). The van der Waals surface area contributed by atoms with Gasteiger partial charge in [-0.25, -0.2) is 0 Å². The molecular weight excluding hydrogens is 352 g/mol. The van der Waals surface area contributed by atoms with Crippen molar-refractivity contribution in [3.8, 4) is 11.5 Å². The number of benzene rings is 1. The van der Waals surface area contributed by atoms with Gasteiger partial charge in [0.1, 0.15) is 0 Å². The van der Waals surface area contributed by atoms with Gasteiger partial charge in [-0.15, -0.1) is 19.0 Å². The highest BCUT2D eigenvalue weighted by atomic mass is 19.3. The minimum atomic E-state index is -3.77. The Labute approximate surface area is 145 Å². The Hall–Kier alpha value is -3.24. The Morgan fingerprint density at radius 3 is 2.65 bits per heavy atom. The molecule has 2 N–H and O–H groups in total. The first-order valence-electron chi connectivity index (χ1n) is 7.84. The van der Waals surface area contributed by atoms with Crippen molar-refractivity contribution in [3.05, 3.63) is 29.5 Å². The van der Waals surface area contributed by atoms with Crippen molar-refractivity contribution in [1.29, 1.82) is 0 Å². The van der Waals surface area contributed by atoms with E-state index in [1.165, 1.54) is 12.1 Å². The first-order chi connectivity index (χ1) is 12.4. The molecule has 0 aliphatic carbocycles. The van der Waals surface area contributed by atoms with Crippen molar-refractivity contribution in [2.24, 2.45) is 0 Å². The number of hydrogen-bond acceptors (Lipinski definition) is 6. The van der Waals surface area contributed by atoms with Gasteiger partial charge in [0.2, 0.25) is 0 Å². The van der Waals surface area contributed by atoms with Gasteiger partial charge in [-0.2, -0.15) is 5.21 Å². The van der Waals surface area contributed by atoms with Gasteiger partial charge in [0, 0.05) is 18.7 Å². The van der Waals surface area contributed by atoms with Gasteiger partial charge in [0.05, 0.1) is 0 Å². The maximum atomic E-state index is 13.1. The van der Waals surface area contributed by atoms with Crippen LogP contribution in [0.4, 0.5) is 14.6 Å². The molecule has 0 radical (unpaired) electrons. The summed E-state index contributed by atoms with van der Waals surface area (Å²) in [6, 6.07) is 3.61. The highest BCUT2D eigenvalue weighted by Gasteiger charge is 2.43. The van der Waals surface area contributed by atoms with Crippen LogP contribution in [0.25, 0.3) is 0 Å². The molecule has 11 heteroatoms. The SMILES string of the molecule is O=C(Nc1n[nH]nc1C(=O)N1CCCC1)c1ccc2c(c1)OC(F)(F)O2. The molecule has 1 saturated heterocycles. The second-order valence-corrected chi connectivity index (χ2v) is 5.80. The lowest BCUT2D eigenvalue weighted by Crippen LogP contribution is -2.29. The second-order valence-electron chi connectivity index (χ2n) is 5.80. The maximum Gasteiger partial charge on any atom is 0.586 e. The van der Waals surface area contributed by atoms with Crippen LogP contribution in [0.3, 0.4) is 0 Å². The van der Waals surface area contributed by atoms with Crippen molar-refractivity contribution in [3.63, 3.8) is 0 Å². The Balaban J connectivity index is 1.51. The summed E-state index contributed by atoms with van der Waals surface area (Å²) in [4.78, 5) is 26.4. The number of amides is 2. The molecule has 136 valence electrons. The molecule has 9 nitrogen and oxygen atoms in total. The normalized spacial score (nSPS) is 17.4. The van der Waals surface area contributed by atoms with Crippen LogP contribution in [-0.4, -0.2) is 51.5 Å². The van der Waals surface area contributed by atoms with Gasteiger partial charge in [0.25, 0.3) is 11.8 Å². The third kappa shape index (κ3) is 2.91. The van der Waals surface area contributed by atoms with E-state index in [1.54, 1.807) is 4.90 Å². The molecule has 2 amide bonds. The fourth-order valence-corrected chi connectivity index (χ4v) is 2.81. The van der Waals surface area contributed by atoms with E-state index in [2.05, 4.69) is 30.2 Å². The zero-order valence-corrected chi connectivity index (χ0v) is 13.3. The zero-order valence-electron chi connectivity index (χ0n) is 13.3. The van der Waals surface area contributed by atoms with Crippen LogP contribution in [0.1, 0.15) is 33.7 Å². The number of H-pyrrole nitrogens is 1. The van der Waals surface area contributed by atoms with Gasteiger partial charge < -0.3 is 19.7 Å². The van der Waals surface area contributed by atoms with E-state index in [0.29, 0.717) is 13.1 Å². The zero-order chi connectivity index (χ0) is 18.3. The molecule has 3 heterocycles. The van der Waals surface area contributed by atoms with Crippen molar-refractivity contribution in [2.75, 3.05) is 18.4 Å². The number of rotatable bonds is 3. The Morgan fingerprint density at radius 2 is 1.88 bits per heavy atom. The van der Waals surface area contributed by atoms with Crippen LogP contribution >= 0.6 is 0 Å². The first kappa shape index (κ1) is 16.2. The summed E-state index contributed by atoms with van der Waals surface area (Å²) in [5.74, 6) is -1.45. The van der Waals surface area contributed by atoms with Crippen LogP contribution < -0.4 is 14.8 Å². The van der Waals surface area contributed by atoms with E-state index >= 15 is 0 Å². The minimum Gasteiger partial charge on any atom is -0.395 e. The van der Waals surface area contributed by atoms with E-state index in [9.17, 15) is 18.4 Å². The molecule has 1 aromatic heterocycles. The highest BCUT2D eigenvalue weighted by Crippen LogP contribution is 2.41. The summed E-state index contributed by atoms with van der Waals surface area (Å²) in [5, 5.41) is 12.3. The Kier molecular flexibility index (Phi) is 3.71. The molecule has 2 aliphatic rings. The van der Waals surface area contributed by atoms with Crippen molar-refractivity contribution in [1.82, 2.24) is 20.3 Å². The van der Waals surface area contributed by atoms with Crippen molar-refractivity contribution >= 4 is 17.6 Å². The molecule has 0 atom stereocenters. The molecule has 0 spiro atoms. The van der Waals surface area contributed by atoms with Crippen LogP contribution in [0, 0.1) is 0 Å². The molecular formula is C15H13F2N5O4. The minimum absolute atomic E-state index is 0.00692. The number of fused-ring (bicyclic) bond motifs is 1. The number of nitrogens with one attached hydrogen (secondary N) is 2. The molecule has 0 saturated carbocycles. The summed E-state index contributed by atoms with van der Waals surface area (Å²) in [6.07, 6.45) is -1.95. The predicted molar refractivity (Wildman–Crippen MR) is 82.1 cm³/mol. The molecule has 2 aliphatic heterocycles. The summed E-state index contributed by atoms with van der Waals surface area (Å²) in [7, 11) is 0. The number of ether oxygens (including phenoxy) is 2. The number of hydrogen-bond donors (Lipinski definition) is 2. The van der Waals surface area contributed by atoms with Gasteiger partial charge in [0.15, 0.2) is 23.0 Å². The summed E-state index contributed by atoms with van der Waals surface area (Å²) in [5.41, 5.74) is 0.0279. The number of anilines is 1. The summed E-state index contributed by atoms with van der Waals surface area (Å²) >= 11 is 0. The molecule has 1 aromatic carbocycles. The van der Waals surface area contributed by atoms with Crippen LogP contribution in [0.15, 0.2) is 18.2 Å². The number of halogens is 2. The summed E-state index contributed by atoms with van der Waals surface area (Å²) in [6.45, 7) is 1.24. The van der Waals surface area contributed by atoms with Crippen molar-refractivity contribution in [2.45, 2.75) is 19.1 Å². The number of nitrogens with zero attached hydrogens (tertiary/aromatic N) is 3. The van der Waals surface area contributed by atoms with E-state index in [-0.39, 0.29) is 34.5 Å². The lowest BCUT2D eigenvalue weighted by molar-refractivity contribution is -0.286. The summed E-state index contributed by atoms with van der Waals surface area (Å²) < 4.78 is 34.7. The third-order valence-electron chi connectivity index (χ3n) is 4.04. The number of alkyl halides is 2. The van der Waals surface area contributed by atoms with E-state index in [1.807, 2.05) is 0 Å². The highest BCUT2D eigenvalue weighted by molar-refractivity contribution is 6.07. The monoisotopic (exact) mass is 365 g/mol. The largest absolute Gasteiger partial charge is 0.586 e. The van der Waals surface area contributed by atoms with E-state index in [4.69, 9.17) is 0 Å². The fourth-order valence-electron chi connectivity index (χ4n) is 2.81. The molecule has 0 bridgehead atoms. The fraction of sp³-hybridized carbons (Fsp3) is 0.333. The lowest BCUT2D eigenvalue weighted by atomic mass is 10.2. The predicted octanol–water partition coefficient (Wildman–Crippen LogP) is 1.61. The third-order valence-corrected chi connectivity index (χ3v) is 4.04. The Morgan fingerprint density at radius 1 is 1.15 bits per heavy atom. The first-order valence-corrected chi connectivity index (χ1v) is 7.84. The Bertz CT molecular complexity index is 879. The van der Waals surface area contributed by atoms with Crippen LogP contribution in [0.2, 0.25) is 0 Å². The second kappa shape index (κ2) is 5.93. The average Bonchev–Trinajstić information content (AvgIpc) is 3.31. The van der Waals surface area contributed by atoms with Gasteiger partial charge in [-0.1, -0.05) is 0 Å². The maximum absolute atomic E-state index is 13.1. The lowest BCUT2D eigenvalue weighted by Gasteiger charge is -2.13. The van der Waals surface area contributed by atoms with Gasteiger partial charge >= 0.3 is 6.29 Å². The number of aromatic amines is 1.